The second-order valence-corrected chi connectivity index (χ2v) is 5.97. The fourth-order valence-corrected chi connectivity index (χ4v) is 3.39. The molecule has 3 aromatic rings. The van der Waals surface area contributed by atoms with Crippen molar-refractivity contribution in [3.05, 3.63) is 50.7 Å². The molecule has 0 saturated heterocycles. The first-order chi connectivity index (χ1) is 9.63. The molecular weight excluding hydrogens is 385 g/mol. The molecule has 1 aromatic heterocycles. The summed E-state index contributed by atoms with van der Waals surface area (Å²) >= 11 is 8.59. The number of rotatable bonds is 1. The molecule has 0 N–H and O–H groups in total. The van der Waals surface area contributed by atoms with Gasteiger partial charge in [-0.05, 0) is 28.7 Å². The van der Waals surface area contributed by atoms with Crippen LogP contribution >= 0.6 is 34.2 Å². The molecule has 1 heterocycles. The van der Waals surface area contributed by atoms with Crippen LogP contribution in [0.1, 0.15) is 5.56 Å². The van der Waals surface area contributed by atoms with E-state index >= 15 is 0 Å². The highest BCUT2D eigenvalue weighted by Crippen LogP contribution is 2.36. The Bertz CT molecular complexity index is 842. The lowest BCUT2D eigenvalue weighted by molar-refractivity contribution is 0.775. The van der Waals surface area contributed by atoms with Gasteiger partial charge in [-0.2, -0.15) is 10.4 Å². The fourth-order valence-electron chi connectivity index (χ4n) is 2.35. The van der Waals surface area contributed by atoms with Crippen LogP contribution in [0.15, 0.2) is 36.5 Å². The molecule has 0 bridgehead atoms. The van der Waals surface area contributed by atoms with Crippen LogP contribution in [0.5, 0.6) is 0 Å². The van der Waals surface area contributed by atoms with Crippen molar-refractivity contribution in [2.24, 2.45) is 7.05 Å². The van der Waals surface area contributed by atoms with Crippen molar-refractivity contribution < 1.29 is 0 Å². The standard InChI is InChI=1S/C15H9ClIN3/c1-20-15(14(17)8-19-20)11-6-13(16)10-5-3-2-4-9(10)12(11)7-18/h2-6,8H,1H3. The lowest BCUT2D eigenvalue weighted by atomic mass is 9.97. The Morgan fingerprint density at radius 1 is 1.30 bits per heavy atom. The maximum Gasteiger partial charge on any atom is 0.100 e. The summed E-state index contributed by atoms with van der Waals surface area (Å²) in [6.45, 7) is 0. The van der Waals surface area contributed by atoms with Gasteiger partial charge in [-0.3, -0.25) is 4.68 Å². The minimum atomic E-state index is 0.631. The maximum absolute atomic E-state index is 9.56. The van der Waals surface area contributed by atoms with Crippen molar-refractivity contribution >= 4 is 45.0 Å². The predicted molar refractivity (Wildman–Crippen MR) is 88.6 cm³/mol. The third kappa shape index (κ3) is 1.98. The quantitative estimate of drug-likeness (QED) is 0.576. The molecule has 0 radical (unpaired) electrons. The van der Waals surface area contributed by atoms with E-state index in [1.165, 1.54) is 0 Å². The third-order valence-electron chi connectivity index (χ3n) is 3.26. The molecule has 0 unspecified atom stereocenters. The van der Waals surface area contributed by atoms with Crippen LogP contribution in [0, 0.1) is 14.9 Å². The highest BCUT2D eigenvalue weighted by atomic mass is 127. The second-order valence-electron chi connectivity index (χ2n) is 4.40. The zero-order chi connectivity index (χ0) is 14.3. The van der Waals surface area contributed by atoms with Crippen LogP contribution in [-0.2, 0) is 7.05 Å². The van der Waals surface area contributed by atoms with Gasteiger partial charge in [0, 0.05) is 28.4 Å². The van der Waals surface area contributed by atoms with Gasteiger partial charge in [-0.15, -0.1) is 0 Å². The molecule has 0 aliphatic heterocycles. The number of fused-ring (bicyclic) bond motifs is 1. The molecule has 0 fully saturated rings. The zero-order valence-corrected chi connectivity index (χ0v) is 13.5. The molecule has 0 saturated carbocycles. The van der Waals surface area contributed by atoms with E-state index in [2.05, 4.69) is 33.8 Å². The summed E-state index contributed by atoms with van der Waals surface area (Å²) in [5.41, 5.74) is 2.36. The molecule has 98 valence electrons. The first-order valence-electron chi connectivity index (χ1n) is 5.92. The van der Waals surface area contributed by atoms with E-state index in [0.717, 1.165) is 25.6 Å². The number of halogens is 2. The number of aromatic nitrogens is 2. The Hall–Kier alpha value is -1.58. The Balaban J connectivity index is 2.47. The second kappa shape index (κ2) is 5.08. The lowest BCUT2D eigenvalue weighted by Crippen LogP contribution is -1.97. The van der Waals surface area contributed by atoms with Gasteiger partial charge in [0.2, 0.25) is 0 Å². The minimum absolute atomic E-state index is 0.631. The first kappa shape index (κ1) is 13.4. The normalized spacial score (nSPS) is 10.7. The molecule has 2 aromatic carbocycles. The molecule has 20 heavy (non-hydrogen) atoms. The Labute approximate surface area is 134 Å². The lowest BCUT2D eigenvalue weighted by Gasteiger charge is -2.10. The zero-order valence-electron chi connectivity index (χ0n) is 10.6. The van der Waals surface area contributed by atoms with E-state index in [0.29, 0.717) is 10.6 Å². The molecule has 0 amide bonds. The number of hydrogen-bond donors (Lipinski definition) is 0. The first-order valence-corrected chi connectivity index (χ1v) is 7.38. The maximum atomic E-state index is 9.56. The summed E-state index contributed by atoms with van der Waals surface area (Å²) in [5, 5.41) is 16.2. The Morgan fingerprint density at radius 3 is 2.60 bits per heavy atom. The predicted octanol–water partition coefficient (Wildman–Crippen LogP) is 4.37. The number of nitriles is 1. The number of benzene rings is 2. The summed E-state index contributed by atoms with van der Waals surface area (Å²) in [6, 6.07) is 11.8. The van der Waals surface area contributed by atoms with Gasteiger partial charge in [0.1, 0.15) is 6.07 Å². The third-order valence-corrected chi connectivity index (χ3v) is 4.36. The van der Waals surface area contributed by atoms with E-state index < -0.39 is 0 Å². The summed E-state index contributed by atoms with van der Waals surface area (Å²) in [7, 11) is 1.86. The van der Waals surface area contributed by atoms with Gasteiger partial charge in [0.05, 0.1) is 21.0 Å². The highest BCUT2D eigenvalue weighted by molar-refractivity contribution is 14.1. The highest BCUT2D eigenvalue weighted by Gasteiger charge is 2.17. The van der Waals surface area contributed by atoms with Crippen molar-refractivity contribution in [3.8, 4) is 17.3 Å². The van der Waals surface area contributed by atoms with E-state index in [9.17, 15) is 5.26 Å². The summed E-state index contributed by atoms with van der Waals surface area (Å²) in [5.74, 6) is 0. The SMILES string of the molecule is Cn1ncc(I)c1-c1cc(Cl)c2ccccc2c1C#N. The van der Waals surface area contributed by atoms with Crippen LogP contribution < -0.4 is 0 Å². The molecule has 0 spiro atoms. The Morgan fingerprint density at radius 2 is 2.00 bits per heavy atom. The minimum Gasteiger partial charge on any atom is -0.267 e. The van der Waals surface area contributed by atoms with Crippen LogP contribution in [-0.4, -0.2) is 9.78 Å². The van der Waals surface area contributed by atoms with E-state index in [1.54, 1.807) is 10.9 Å². The molecule has 0 aliphatic carbocycles. The largest absolute Gasteiger partial charge is 0.267 e. The summed E-state index contributed by atoms with van der Waals surface area (Å²) < 4.78 is 2.76. The van der Waals surface area contributed by atoms with Crippen LogP contribution in [0.4, 0.5) is 0 Å². The average Bonchev–Trinajstić information content (AvgIpc) is 2.78. The van der Waals surface area contributed by atoms with Gasteiger partial charge in [0.25, 0.3) is 0 Å². The molecule has 5 heteroatoms. The van der Waals surface area contributed by atoms with Crippen LogP contribution in [0.2, 0.25) is 5.02 Å². The molecule has 3 nitrogen and oxygen atoms in total. The molecular formula is C15H9ClIN3. The van der Waals surface area contributed by atoms with Crippen molar-refractivity contribution in [3.63, 3.8) is 0 Å². The molecule has 0 atom stereocenters. The van der Waals surface area contributed by atoms with E-state index in [1.807, 2.05) is 37.4 Å². The smallest absolute Gasteiger partial charge is 0.100 e. The topological polar surface area (TPSA) is 41.6 Å². The number of hydrogen-bond acceptors (Lipinski definition) is 2. The van der Waals surface area contributed by atoms with Crippen LogP contribution in [0.3, 0.4) is 0 Å². The van der Waals surface area contributed by atoms with Gasteiger partial charge in [-0.1, -0.05) is 35.9 Å². The molecule has 0 aliphatic rings. The van der Waals surface area contributed by atoms with Crippen molar-refractivity contribution in [2.75, 3.05) is 0 Å². The van der Waals surface area contributed by atoms with E-state index in [4.69, 9.17) is 11.6 Å². The van der Waals surface area contributed by atoms with Crippen molar-refractivity contribution in [2.45, 2.75) is 0 Å². The van der Waals surface area contributed by atoms with Crippen molar-refractivity contribution in [1.82, 2.24) is 9.78 Å². The van der Waals surface area contributed by atoms with Gasteiger partial charge >= 0.3 is 0 Å². The van der Waals surface area contributed by atoms with Crippen molar-refractivity contribution in [1.29, 1.82) is 5.26 Å². The number of nitrogens with zero attached hydrogens (tertiary/aromatic N) is 3. The Kier molecular flexibility index (Phi) is 3.40. The summed E-state index contributed by atoms with van der Waals surface area (Å²) in [4.78, 5) is 0. The van der Waals surface area contributed by atoms with Crippen LogP contribution in [0.25, 0.3) is 22.0 Å². The van der Waals surface area contributed by atoms with Gasteiger partial charge in [-0.25, -0.2) is 0 Å². The van der Waals surface area contributed by atoms with E-state index in [-0.39, 0.29) is 0 Å². The average molecular weight is 394 g/mol. The fraction of sp³-hybridized carbons (Fsp3) is 0.0667. The summed E-state index contributed by atoms with van der Waals surface area (Å²) in [6.07, 6.45) is 1.78. The monoisotopic (exact) mass is 393 g/mol. The van der Waals surface area contributed by atoms with Gasteiger partial charge in [0.15, 0.2) is 0 Å². The van der Waals surface area contributed by atoms with Gasteiger partial charge < -0.3 is 0 Å². The number of aryl methyl sites for hydroxylation is 1. The molecule has 3 rings (SSSR count).